The minimum absolute atomic E-state index is 0.0622. The van der Waals surface area contributed by atoms with Crippen LogP contribution in [0.25, 0.3) is 11.3 Å². The molecule has 1 aromatic heterocycles. The molecular formula is C21H15F3N2O2. The van der Waals surface area contributed by atoms with Crippen LogP contribution in [-0.2, 0) is 6.42 Å². The number of carbonyl (C=O) groups is 1. The summed E-state index contributed by atoms with van der Waals surface area (Å²) in [6.45, 7) is 0.0622. The monoisotopic (exact) mass is 384 g/mol. The molecular weight excluding hydrogens is 369 g/mol. The summed E-state index contributed by atoms with van der Waals surface area (Å²) in [4.78, 5) is 16.4. The average molecular weight is 384 g/mol. The van der Waals surface area contributed by atoms with Crippen molar-refractivity contribution >= 4 is 5.91 Å². The summed E-state index contributed by atoms with van der Waals surface area (Å²) >= 11 is 0. The Bertz CT molecular complexity index is 1040. The second-order valence-corrected chi connectivity index (χ2v) is 6.43. The van der Waals surface area contributed by atoms with Crippen LogP contribution in [0.4, 0.5) is 13.2 Å². The minimum atomic E-state index is -0.811. The molecule has 0 unspecified atom stereocenters. The zero-order valence-electron chi connectivity index (χ0n) is 14.6. The molecule has 0 saturated heterocycles. The van der Waals surface area contributed by atoms with Crippen molar-refractivity contribution < 1.29 is 22.7 Å². The largest absolute Gasteiger partial charge is 0.487 e. The smallest absolute Gasteiger partial charge is 0.254 e. The van der Waals surface area contributed by atoms with E-state index in [9.17, 15) is 18.0 Å². The second-order valence-electron chi connectivity index (χ2n) is 6.43. The fourth-order valence-electron chi connectivity index (χ4n) is 3.19. The number of aromatic nitrogens is 1. The maximum absolute atomic E-state index is 14.0. The summed E-state index contributed by atoms with van der Waals surface area (Å²) in [7, 11) is 0. The lowest BCUT2D eigenvalue weighted by Crippen LogP contribution is -2.34. The van der Waals surface area contributed by atoms with Crippen LogP contribution in [0.3, 0.4) is 0 Å². The number of hydrogen-bond donors (Lipinski definition) is 1. The number of fused-ring (bicyclic) bond motifs is 1. The van der Waals surface area contributed by atoms with Crippen LogP contribution in [0.5, 0.6) is 5.75 Å². The van der Waals surface area contributed by atoms with Crippen molar-refractivity contribution in [3.8, 4) is 17.0 Å². The SMILES string of the molecule is O=C(NC[C@@H]1Cc2cc(F)cc(-c3ccccn3)c2O1)c1cc(F)ccc1F. The molecule has 0 saturated carbocycles. The van der Waals surface area contributed by atoms with Gasteiger partial charge >= 0.3 is 0 Å². The fraction of sp³-hybridized carbons (Fsp3) is 0.143. The normalized spacial score (nSPS) is 15.0. The van der Waals surface area contributed by atoms with Gasteiger partial charge in [-0.15, -0.1) is 0 Å². The Balaban J connectivity index is 1.50. The third-order valence-corrected chi connectivity index (χ3v) is 4.47. The van der Waals surface area contributed by atoms with Crippen molar-refractivity contribution in [1.82, 2.24) is 10.3 Å². The standard InChI is InChI=1S/C21H15F3N2O2/c22-13-4-5-18(24)16(9-13)21(27)26-11-15-8-12-7-14(23)10-17(20(12)28-15)19-3-1-2-6-25-19/h1-7,9-10,15H,8,11H2,(H,26,27)/t15-/m0/s1. The first-order valence-corrected chi connectivity index (χ1v) is 8.65. The predicted octanol–water partition coefficient (Wildman–Crippen LogP) is 3.90. The Morgan fingerprint density at radius 1 is 1.11 bits per heavy atom. The van der Waals surface area contributed by atoms with Crippen molar-refractivity contribution in [2.24, 2.45) is 0 Å². The van der Waals surface area contributed by atoms with Gasteiger partial charge in [-0.25, -0.2) is 13.2 Å². The molecule has 1 N–H and O–H groups in total. The van der Waals surface area contributed by atoms with Gasteiger partial charge in [0.25, 0.3) is 5.91 Å². The molecule has 142 valence electrons. The first kappa shape index (κ1) is 18.0. The summed E-state index contributed by atoms with van der Waals surface area (Å²) < 4.78 is 46.9. The topological polar surface area (TPSA) is 51.2 Å². The van der Waals surface area contributed by atoms with E-state index in [0.717, 1.165) is 18.2 Å². The number of halogens is 3. The molecule has 7 heteroatoms. The summed E-state index contributed by atoms with van der Waals surface area (Å²) in [6, 6.07) is 10.7. The first-order chi connectivity index (χ1) is 13.5. The van der Waals surface area contributed by atoms with Gasteiger partial charge in [0.15, 0.2) is 0 Å². The van der Waals surface area contributed by atoms with Crippen LogP contribution in [-0.4, -0.2) is 23.5 Å². The highest BCUT2D eigenvalue weighted by Crippen LogP contribution is 2.38. The average Bonchev–Trinajstić information content (AvgIpc) is 3.10. The van der Waals surface area contributed by atoms with E-state index in [0.29, 0.717) is 29.0 Å². The Morgan fingerprint density at radius 2 is 1.96 bits per heavy atom. The van der Waals surface area contributed by atoms with E-state index in [-0.39, 0.29) is 12.1 Å². The van der Waals surface area contributed by atoms with E-state index in [1.165, 1.54) is 12.1 Å². The van der Waals surface area contributed by atoms with E-state index >= 15 is 0 Å². The lowest BCUT2D eigenvalue weighted by Gasteiger charge is -2.13. The highest BCUT2D eigenvalue weighted by Gasteiger charge is 2.28. The number of carbonyl (C=O) groups excluding carboxylic acids is 1. The molecule has 0 fully saturated rings. The van der Waals surface area contributed by atoms with Gasteiger partial charge in [0.2, 0.25) is 0 Å². The van der Waals surface area contributed by atoms with Crippen LogP contribution in [0.1, 0.15) is 15.9 Å². The van der Waals surface area contributed by atoms with Crippen molar-refractivity contribution in [3.63, 3.8) is 0 Å². The highest BCUT2D eigenvalue weighted by molar-refractivity contribution is 5.94. The van der Waals surface area contributed by atoms with Gasteiger partial charge in [-0.3, -0.25) is 9.78 Å². The minimum Gasteiger partial charge on any atom is -0.487 e. The molecule has 1 atom stereocenters. The summed E-state index contributed by atoms with van der Waals surface area (Å²) in [5, 5.41) is 2.54. The molecule has 0 aliphatic carbocycles. The summed E-state index contributed by atoms with van der Waals surface area (Å²) in [5.74, 6) is -2.15. The van der Waals surface area contributed by atoms with Gasteiger partial charge in [0.1, 0.15) is 29.3 Å². The van der Waals surface area contributed by atoms with E-state index in [2.05, 4.69) is 10.3 Å². The van der Waals surface area contributed by atoms with Gasteiger partial charge < -0.3 is 10.1 Å². The molecule has 4 nitrogen and oxygen atoms in total. The van der Waals surface area contributed by atoms with E-state index in [1.54, 1.807) is 24.4 Å². The maximum atomic E-state index is 14.0. The number of nitrogens with one attached hydrogen (secondary N) is 1. The van der Waals surface area contributed by atoms with Crippen molar-refractivity contribution in [3.05, 3.63) is 83.3 Å². The Labute approximate surface area is 159 Å². The molecule has 0 radical (unpaired) electrons. The molecule has 3 aromatic rings. The van der Waals surface area contributed by atoms with Crippen LogP contribution in [0.2, 0.25) is 0 Å². The quantitative estimate of drug-likeness (QED) is 0.742. The van der Waals surface area contributed by atoms with Gasteiger partial charge in [-0.1, -0.05) is 6.07 Å². The van der Waals surface area contributed by atoms with Crippen LogP contribution < -0.4 is 10.1 Å². The summed E-state index contributed by atoms with van der Waals surface area (Å²) in [6.07, 6.45) is 1.52. The van der Waals surface area contributed by atoms with E-state index in [1.807, 2.05) is 0 Å². The Kier molecular flexibility index (Phi) is 4.73. The van der Waals surface area contributed by atoms with Crippen molar-refractivity contribution in [2.75, 3.05) is 6.54 Å². The van der Waals surface area contributed by atoms with Gasteiger partial charge in [-0.2, -0.15) is 0 Å². The molecule has 2 aromatic carbocycles. The van der Waals surface area contributed by atoms with Gasteiger partial charge in [0.05, 0.1) is 17.8 Å². The lowest BCUT2D eigenvalue weighted by molar-refractivity contribution is 0.0929. The molecule has 4 rings (SSSR count). The molecule has 28 heavy (non-hydrogen) atoms. The zero-order chi connectivity index (χ0) is 19.7. The predicted molar refractivity (Wildman–Crippen MR) is 96.4 cm³/mol. The molecule has 0 bridgehead atoms. The second kappa shape index (κ2) is 7.34. The van der Waals surface area contributed by atoms with Crippen molar-refractivity contribution in [1.29, 1.82) is 0 Å². The summed E-state index contributed by atoms with van der Waals surface area (Å²) in [5.41, 5.74) is 1.39. The molecule has 1 amide bonds. The Hall–Kier alpha value is -3.35. The molecule has 1 aliphatic rings. The number of ether oxygens (including phenoxy) is 1. The number of rotatable bonds is 4. The zero-order valence-corrected chi connectivity index (χ0v) is 14.6. The number of nitrogens with zero attached hydrogens (tertiary/aromatic N) is 1. The number of amides is 1. The van der Waals surface area contributed by atoms with Crippen LogP contribution in [0, 0.1) is 17.5 Å². The molecule has 1 aliphatic heterocycles. The Morgan fingerprint density at radius 3 is 2.75 bits per heavy atom. The molecule has 0 spiro atoms. The van der Waals surface area contributed by atoms with Crippen LogP contribution in [0.15, 0.2) is 54.7 Å². The van der Waals surface area contributed by atoms with E-state index < -0.39 is 29.5 Å². The fourth-order valence-corrected chi connectivity index (χ4v) is 3.19. The lowest BCUT2D eigenvalue weighted by atomic mass is 10.0. The number of benzene rings is 2. The maximum Gasteiger partial charge on any atom is 0.254 e. The number of hydrogen-bond acceptors (Lipinski definition) is 3. The van der Waals surface area contributed by atoms with Gasteiger partial charge in [0, 0.05) is 23.7 Å². The van der Waals surface area contributed by atoms with E-state index in [4.69, 9.17) is 4.74 Å². The van der Waals surface area contributed by atoms with Crippen molar-refractivity contribution in [2.45, 2.75) is 12.5 Å². The number of pyridine rings is 1. The highest BCUT2D eigenvalue weighted by atomic mass is 19.1. The van der Waals surface area contributed by atoms with Crippen LogP contribution >= 0.6 is 0 Å². The third-order valence-electron chi connectivity index (χ3n) is 4.47. The van der Waals surface area contributed by atoms with Gasteiger partial charge in [-0.05, 0) is 42.5 Å². The first-order valence-electron chi connectivity index (χ1n) is 8.65. The molecule has 2 heterocycles. The third kappa shape index (κ3) is 3.55.